The number of benzene rings is 1. The van der Waals surface area contributed by atoms with E-state index in [9.17, 15) is 19.0 Å². The zero-order valence-electron chi connectivity index (χ0n) is 18.4. The van der Waals surface area contributed by atoms with E-state index in [0.717, 1.165) is 44.8 Å². The second-order valence-electron chi connectivity index (χ2n) is 8.26. The molecule has 0 aliphatic carbocycles. The number of para-hydroxylation sites is 1. The number of furan rings is 1. The van der Waals surface area contributed by atoms with E-state index in [1.54, 1.807) is 18.1 Å². The van der Waals surface area contributed by atoms with E-state index in [-0.39, 0.29) is 18.1 Å². The molecule has 8 nitrogen and oxygen atoms in total. The Bertz CT molecular complexity index is 1250. The average molecular weight is 455 g/mol. The fourth-order valence-electron chi connectivity index (χ4n) is 4.03. The van der Waals surface area contributed by atoms with Crippen LogP contribution in [-0.2, 0) is 33.5 Å². The van der Waals surface area contributed by atoms with Crippen LogP contribution in [0.15, 0.2) is 40.9 Å². The zero-order chi connectivity index (χ0) is 23.0. The van der Waals surface area contributed by atoms with Gasteiger partial charge < -0.3 is 14.2 Å². The number of aromatic nitrogens is 1. The van der Waals surface area contributed by atoms with Crippen molar-refractivity contribution >= 4 is 36.1 Å². The van der Waals surface area contributed by atoms with Crippen molar-refractivity contribution in [2.45, 2.75) is 39.2 Å². The van der Waals surface area contributed by atoms with E-state index in [1.807, 2.05) is 37.3 Å². The molecule has 168 valence electrons. The van der Waals surface area contributed by atoms with Gasteiger partial charge in [-0.25, -0.2) is 9.65 Å². The van der Waals surface area contributed by atoms with Crippen LogP contribution in [0.5, 0.6) is 0 Å². The molecule has 0 saturated heterocycles. The lowest BCUT2D eigenvalue weighted by Gasteiger charge is -2.30. The molecule has 2 amide bonds. The first-order valence-electron chi connectivity index (χ1n) is 10.5. The number of aryl methyl sites for hydroxylation is 3. The topological polar surface area (TPSA) is 104 Å². The van der Waals surface area contributed by atoms with Crippen LogP contribution in [-0.4, -0.2) is 40.3 Å². The summed E-state index contributed by atoms with van der Waals surface area (Å²) in [5.41, 5.74) is 3.45. The number of carbonyl (C=O) groups excluding carboxylic acids is 2. The van der Waals surface area contributed by atoms with Crippen molar-refractivity contribution < 1.29 is 23.5 Å². The summed E-state index contributed by atoms with van der Waals surface area (Å²) in [5.74, 6) is 0.592. The summed E-state index contributed by atoms with van der Waals surface area (Å²) >= 11 is 0. The van der Waals surface area contributed by atoms with Crippen molar-refractivity contribution in [1.29, 1.82) is 0 Å². The van der Waals surface area contributed by atoms with Crippen molar-refractivity contribution in [3.8, 4) is 0 Å². The third-order valence-electron chi connectivity index (χ3n) is 5.79. The van der Waals surface area contributed by atoms with Crippen molar-refractivity contribution in [1.82, 2.24) is 9.88 Å². The number of hydrogen-bond acceptors (Lipinski definition) is 5. The smallest absolute Gasteiger partial charge is 0.298 e. The number of nitrogens with zero attached hydrogens (tertiary/aromatic N) is 3. The molecular weight excluding hydrogens is 429 g/mol. The van der Waals surface area contributed by atoms with Crippen LogP contribution in [0, 0.1) is 6.92 Å². The molecule has 0 saturated carbocycles. The minimum atomic E-state index is -3.79. The van der Waals surface area contributed by atoms with Crippen molar-refractivity contribution in [3.63, 3.8) is 0 Å². The fraction of sp³-hybridized carbons (Fsp3) is 0.348. The molecule has 3 heterocycles. The number of carbonyl (C=O) groups is 2. The Morgan fingerprint density at radius 3 is 2.78 bits per heavy atom. The van der Waals surface area contributed by atoms with Gasteiger partial charge in [-0.3, -0.25) is 14.2 Å². The Labute approximate surface area is 186 Å². The summed E-state index contributed by atoms with van der Waals surface area (Å²) in [6.07, 6.45) is 2.97. The van der Waals surface area contributed by atoms with Crippen LogP contribution in [0.25, 0.3) is 11.0 Å². The van der Waals surface area contributed by atoms with Crippen LogP contribution < -0.4 is 4.67 Å². The number of anilines is 1. The summed E-state index contributed by atoms with van der Waals surface area (Å²) in [7, 11) is -2.03. The van der Waals surface area contributed by atoms with Crippen LogP contribution in [0.4, 0.5) is 5.82 Å². The Morgan fingerprint density at radius 1 is 1.31 bits per heavy atom. The molecule has 32 heavy (non-hydrogen) atoms. The Kier molecular flexibility index (Phi) is 5.93. The summed E-state index contributed by atoms with van der Waals surface area (Å²) in [6, 6.07) is 9.68. The van der Waals surface area contributed by atoms with Crippen LogP contribution in [0.2, 0.25) is 0 Å². The first-order valence-corrected chi connectivity index (χ1v) is 12.5. The normalized spacial score (nSPS) is 15.5. The third kappa shape index (κ3) is 4.33. The van der Waals surface area contributed by atoms with E-state index in [0.29, 0.717) is 25.8 Å². The molecule has 1 aromatic carbocycles. The van der Waals surface area contributed by atoms with Crippen molar-refractivity contribution in [2.24, 2.45) is 0 Å². The van der Waals surface area contributed by atoms with Gasteiger partial charge in [-0.1, -0.05) is 24.3 Å². The van der Waals surface area contributed by atoms with Crippen LogP contribution >= 0.6 is 7.52 Å². The van der Waals surface area contributed by atoms with Gasteiger partial charge in [0, 0.05) is 43.7 Å². The molecule has 1 aliphatic rings. The van der Waals surface area contributed by atoms with E-state index < -0.39 is 13.4 Å². The highest BCUT2D eigenvalue weighted by Gasteiger charge is 2.35. The second kappa shape index (κ2) is 8.52. The Balaban J connectivity index is 1.42. The number of fused-ring (bicyclic) bond motifs is 2. The maximum Gasteiger partial charge on any atom is 0.298 e. The lowest BCUT2D eigenvalue weighted by Crippen LogP contribution is -2.33. The van der Waals surface area contributed by atoms with Gasteiger partial charge in [0.1, 0.15) is 17.2 Å². The minimum absolute atomic E-state index is 0.0206. The summed E-state index contributed by atoms with van der Waals surface area (Å²) in [5, 5.41) is 1.05. The standard InChI is InChI=1S/C23H26N3O5P/c1-15-18-6-4-5-7-19(18)31-20(15)14-25(2)21(27)10-8-16-12-17-9-11-22(28)26(32(3,29)30)23(17)24-13-16/h4-7,12-13H,8-11,14H2,1-3H3,(H,29,30). The maximum atomic E-state index is 12.7. The van der Waals surface area contributed by atoms with E-state index in [4.69, 9.17) is 4.42 Å². The Morgan fingerprint density at radius 2 is 2.06 bits per heavy atom. The van der Waals surface area contributed by atoms with Gasteiger partial charge >= 0.3 is 0 Å². The first-order chi connectivity index (χ1) is 15.1. The summed E-state index contributed by atoms with van der Waals surface area (Å²) in [4.78, 5) is 40.7. The molecule has 0 radical (unpaired) electrons. The largest absolute Gasteiger partial charge is 0.459 e. The molecular formula is C23H26N3O5P. The van der Waals surface area contributed by atoms with Gasteiger partial charge in [0.25, 0.3) is 7.52 Å². The number of hydrogen-bond donors (Lipinski definition) is 1. The van der Waals surface area contributed by atoms with Crippen LogP contribution in [0.3, 0.4) is 0 Å². The van der Waals surface area contributed by atoms with Gasteiger partial charge in [0.05, 0.1) is 6.54 Å². The second-order valence-corrected chi connectivity index (χ2v) is 10.3. The molecule has 1 unspecified atom stereocenters. The molecule has 3 aromatic rings. The van der Waals surface area contributed by atoms with Crippen molar-refractivity contribution in [2.75, 3.05) is 18.4 Å². The van der Waals surface area contributed by atoms with Gasteiger partial charge in [-0.05, 0) is 37.0 Å². The molecule has 0 fully saturated rings. The predicted molar refractivity (Wildman–Crippen MR) is 122 cm³/mol. The van der Waals surface area contributed by atoms with Gasteiger partial charge in [0.2, 0.25) is 11.8 Å². The van der Waals surface area contributed by atoms with E-state index in [2.05, 4.69) is 4.98 Å². The van der Waals surface area contributed by atoms with Crippen molar-refractivity contribution in [3.05, 3.63) is 59.0 Å². The highest BCUT2D eigenvalue weighted by Crippen LogP contribution is 2.47. The summed E-state index contributed by atoms with van der Waals surface area (Å²) < 4.78 is 18.9. The van der Waals surface area contributed by atoms with Gasteiger partial charge in [-0.2, -0.15) is 0 Å². The lowest BCUT2D eigenvalue weighted by molar-refractivity contribution is -0.130. The average Bonchev–Trinajstić information content (AvgIpc) is 3.06. The molecule has 1 N–H and O–H groups in total. The molecule has 0 spiro atoms. The van der Waals surface area contributed by atoms with Gasteiger partial charge in [0.15, 0.2) is 0 Å². The number of rotatable bonds is 6. The molecule has 9 heteroatoms. The lowest BCUT2D eigenvalue weighted by atomic mass is 10.0. The predicted octanol–water partition coefficient (Wildman–Crippen LogP) is 3.82. The molecule has 1 aliphatic heterocycles. The molecule has 0 bridgehead atoms. The monoisotopic (exact) mass is 455 g/mol. The summed E-state index contributed by atoms with van der Waals surface area (Å²) in [6.45, 7) is 3.52. The Hall–Kier alpha value is -2.96. The highest BCUT2D eigenvalue weighted by molar-refractivity contribution is 7.60. The minimum Gasteiger partial charge on any atom is -0.459 e. The zero-order valence-corrected chi connectivity index (χ0v) is 19.3. The van der Waals surface area contributed by atoms with Gasteiger partial charge in [-0.15, -0.1) is 0 Å². The third-order valence-corrected chi connectivity index (χ3v) is 6.95. The van der Waals surface area contributed by atoms with E-state index in [1.165, 1.54) is 0 Å². The fourth-order valence-corrected chi connectivity index (χ4v) is 5.08. The molecule has 4 rings (SSSR count). The highest BCUT2D eigenvalue weighted by atomic mass is 31.2. The van der Waals surface area contributed by atoms with E-state index >= 15 is 0 Å². The maximum absolute atomic E-state index is 12.7. The SMILES string of the molecule is Cc1c(CN(C)C(=O)CCc2cnc3c(c2)CCC(=O)N3P(C)(=O)O)oc2ccccc12. The number of amides is 2. The molecule has 2 aromatic heterocycles. The molecule has 1 atom stereocenters. The number of pyridine rings is 1. The quantitative estimate of drug-likeness (QED) is 0.567. The first kappa shape index (κ1) is 22.2. The van der Waals surface area contributed by atoms with Crippen LogP contribution in [0.1, 0.15) is 35.3 Å².